The quantitative estimate of drug-likeness (QED) is 0.645. The molecule has 0 aromatic heterocycles. The number of hydrogen-bond donors (Lipinski definition) is 1. The van der Waals surface area contributed by atoms with Gasteiger partial charge in [-0.2, -0.15) is 5.26 Å². The highest BCUT2D eigenvalue weighted by atomic mass is 16.3. The molecule has 3 unspecified atom stereocenters. The molecule has 2 rings (SSSR count). The molecule has 4 nitrogen and oxygen atoms in total. The lowest BCUT2D eigenvalue weighted by Crippen LogP contribution is -2.30. The average molecular weight is 194 g/mol. The second-order valence-electron chi connectivity index (χ2n) is 4.20. The molecule has 1 heterocycles. The summed E-state index contributed by atoms with van der Waals surface area (Å²) in [5, 5.41) is 18.0. The van der Waals surface area contributed by atoms with Crippen LogP contribution in [0.15, 0.2) is 0 Å². The summed E-state index contributed by atoms with van der Waals surface area (Å²) in [7, 11) is 0. The van der Waals surface area contributed by atoms with Gasteiger partial charge in [0.15, 0.2) is 0 Å². The number of hydrogen-bond acceptors (Lipinski definition) is 3. The Kier molecular flexibility index (Phi) is 2.42. The third kappa shape index (κ3) is 1.48. The molecule has 1 amide bonds. The molecular formula is C10H14N2O2. The van der Waals surface area contributed by atoms with E-state index < -0.39 is 0 Å². The highest BCUT2D eigenvalue weighted by Gasteiger charge is 2.42. The van der Waals surface area contributed by atoms with E-state index in [1.807, 2.05) is 6.07 Å². The first-order valence-electron chi connectivity index (χ1n) is 5.05. The van der Waals surface area contributed by atoms with Crippen LogP contribution in [0.25, 0.3) is 0 Å². The van der Waals surface area contributed by atoms with Gasteiger partial charge < -0.3 is 10.0 Å². The molecule has 1 aliphatic carbocycles. The Balaban J connectivity index is 1.96. The molecule has 1 N–H and O–H groups in total. The van der Waals surface area contributed by atoms with E-state index in [9.17, 15) is 9.90 Å². The molecule has 0 bridgehead atoms. The first kappa shape index (κ1) is 9.47. The highest BCUT2D eigenvalue weighted by molar-refractivity contribution is 5.78. The maximum Gasteiger partial charge on any atom is 0.236 e. The van der Waals surface area contributed by atoms with E-state index in [1.165, 1.54) is 0 Å². The summed E-state index contributed by atoms with van der Waals surface area (Å²) in [5.41, 5.74) is 0. The maximum atomic E-state index is 11.4. The Morgan fingerprint density at radius 1 is 1.50 bits per heavy atom. The van der Waals surface area contributed by atoms with Gasteiger partial charge in [-0.15, -0.1) is 0 Å². The summed E-state index contributed by atoms with van der Waals surface area (Å²) >= 11 is 0. The molecular weight excluding hydrogens is 180 g/mol. The third-order valence-corrected chi connectivity index (χ3v) is 3.40. The number of fused-ring (bicyclic) bond motifs is 1. The highest BCUT2D eigenvalue weighted by Crippen LogP contribution is 2.38. The van der Waals surface area contributed by atoms with E-state index in [1.54, 1.807) is 4.90 Å². The lowest BCUT2D eigenvalue weighted by atomic mass is 10.00. The van der Waals surface area contributed by atoms with Gasteiger partial charge in [-0.1, -0.05) is 0 Å². The number of rotatable bonds is 1. The number of aliphatic hydroxyl groups is 1. The van der Waals surface area contributed by atoms with E-state index in [2.05, 4.69) is 0 Å². The molecule has 3 atom stereocenters. The van der Waals surface area contributed by atoms with E-state index in [0.29, 0.717) is 12.5 Å². The van der Waals surface area contributed by atoms with Crippen LogP contribution in [-0.2, 0) is 4.79 Å². The second kappa shape index (κ2) is 3.58. The van der Waals surface area contributed by atoms with Crippen LogP contribution in [0.3, 0.4) is 0 Å². The van der Waals surface area contributed by atoms with Crippen LogP contribution in [0.2, 0.25) is 0 Å². The fraction of sp³-hybridized carbons (Fsp3) is 0.800. The Morgan fingerprint density at radius 3 is 2.93 bits per heavy atom. The minimum atomic E-state index is -0.236. The molecule has 2 aliphatic rings. The van der Waals surface area contributed by atoms with Gasteiger partial charge in [-0.05, 0) is 18.8 Å². The van der Waals surface area contributed by atoms with Crippen molar-refractivity contribution in [3.05, 3.63) is 0 Å². The molecule has 0 aromatic rings. The second-order valence-corrected chi connectivity index (χ2v) is 4.20. The van der Waals surface area contributed by atoms with Crippen LogP contribution in [0.5, 0.6) is 0 Å². The summed E-state index contributed by atoms with van der Waals surface area (Å²) in [6.45, 7) is 1.38. The first-order chi connectivity index (χ1) is 6.72. The zero-order chi connectivity index (χ0) is 10.1. The Hall–Kier alpha value is -1.08. The van der Waals surface area contributed by atoms with Crippen molar-refractivity contribution in [2.24, 2.45) is 11.8 Å². The SMILES string of the molecule is N#CCC(=O)N1CC2CCC(O)C2C1. The molecule has 76 valence electrons. The number of likely N-dealkylation sites (tertiary alicyclic amines) is 1. The summed E-state index contributed by atoms with van der Waals surface area (Å²) in [6, 6.07) is 1.87. The Morgan fingerprint density at radius 2 is 2.29 bits per heavy atom. The zero-order valence-corrected chi connectivity index (χ0v) is 8.02. The summed E-state index contributed by atoms with van der Waals surface area (Å²) in [6.07, 6.45) is 1.62. The smallest absolute Gasteiger partial charge is 0.236 e. The van der Waals surface area contributed by atoms with Crippen LogP contribution in [0.4, 0.5) is 0 Å². The van der Waals surface area contributed by atoms with E-state index in [0.717, 1.165) is 19.4 Å². The van der Waals surface area contributed by atoms with Crippen molar-refractivity contribution in [1.29, 1.82) is 5.26 Å². The van der Waals surface area contributed by atoms with E-state index >= 15 is 0 Å². The molecule has 1 aliphatic heterocycles. The first-order valence-corrected chi connectivity index (χ1v) is 5.05. The monoisotopic (exact) mass is 194 g/mol. The van der Waals surface area contributed by atoms with Crippen molar-refractivity contribution in [2.45, 2.75) is 25.4 Å². The summed E-state index contributed by atoms with van der Waals surface area (Å²) in [4.78, 5) is 13.1. The Labute approximate surface area is 83.1 Å². The number of nitriles is 1. The standard InChI is InChI=1S/C10H14N2O2/c11-4-3-10(14)12-5-7-1-2-9(13)8(7)6-12/h7-9,13H,1-3,5-6H2. The molecule has 4 heteroatoms. The van der Waals surface area contributed by atoms with E-state index in [4.69, 9.17) is 5.26 Å². The summed E-state index contributed by atoms with van der Waals surface area (Å²) in [5.74, 6) is 0.638. The van der Waals surface area contributed by atoms with Crippen molar-refractivity contribution in [2.75, 3.05) is 13.1 Å². The number of aliphatic hydroxyl groups excluding tert-OH is 1. The molecule has 0 spiro atoms. The zero-order valence-electron chi connectivity index (χ0n) is 8.02. The van der Waals surface area contributed by atoms with Gasteiger partial charge in [0.1, 0.15) is 6.42 Å². The number of carbonyl (C=O) groups excluding carboxylic acids is 1. The van der Waals surface area contributed by atoms with Gasteiger partial charge in [0.2, 0.25) is 5.91 Å². The van der Waals surface area contributed by atoms with Gasteiger partial charge in [0, 0.05) is 19.0 Å². The lowest BCUT2D eigenvalue weighted by Gasteiger charge is -2.16. The van der Waals surface area contributed by atoms with Crippen LogP contribution in [0, 0.1) is 23.2 Å². The van der Waals surface area contributed by atoms with Crippen LogP contribution in [-0.4, -0.2) is 35.1 Å². The number of amides is 1. The minimum Gasteiger partial charge on any atom is -0.393 e. The predicted molar refractivity (Wildman–Crippen MR) is 49.0 cm³/mol. The normalized spacial score (nSPS) is 35.4. The van der Waals surface area contributed by atoms with E-state index in [-0.39, 0.29) is 24.3 Å². The van der Waals surface area contributed by atoms with Crippen molar-refractivity contribution >= 4 is 5.91 Å². The molecule has 0 radical (unpaired) electrons. The maximum absolute atomic E-state index is 11.4. The third-order valence-electron chi connectivity index (χ3n) is 3.40. The Bertz CT molecular complexity index is 284. The fourth-order valence-electron chi connectivity index (χ4n) is 2.62. The molecule has 2 fully saturated rings. The van der Waals surface area contributed by atoms with Crippen molar-refractivity contribution < 1.29 is 9.90 Å². The van der Waals surface area contributed by atoms with Gasteiger partial charge in [0.25, 0.3) is 0 Å². The summed E-state index contributed by atoms with van der Waals surface area (Å²) < 4.78 is 0. The van der Waals surface area contributed by atoms with Crippen LogP contribution < -0.4 is 0 Å². The van der Waals surface area contributed by atoms with Crippen molar-refractivity contribution in [3.63, 3.8) is 0 Å². The average Bonchev–Trinajstić information content (AvgIpc) is 2.69. The molecule has 14 heavy (non-hydrogen) atoms. The number of carbonyl (C=O) groups is 1. The number of nitrogens with zero attached hydrogens (tertiary/aromatic N) is 2. The van der Waals surface area contributed by atoms with Crippen molar-refractivity contribution in [1.82, 2.24) is 4.90 Å². The minimum absolute atomic E-state index is 0.0322. The fourth-order valence-corrected chi connectivity index (χ4v) is 2.62. The van der Waals surface area contributed by atoms with Crippen LogP contribution >= 0.6 is 0 Å². The molecule has 1 saturated carbocycles. The predicted octanol–water partition coefficient (Wildman–Crippen LogP) is 0.129. The van der Waals surface area contributed by atoms with Crippen LogP contribution in [0.1, 0.15) is 19.3 Å². The largest absolute Gasteiger partial charge is 0.393 e. The lowest BCUT2D eigenvalue weighted by molar-refractivity contribution is -0.129. The van der Waals surface area contributed by atoms with Gasteiger partial charge in [-0.25, -0.2) is 0 Å². The van der Waals surface area contributed by atoms with Crippen molar-refractivity contribution in [3.8, 4) is 6.07 Å². The van der Waals surface area contributed by atoms with Gasteiger partial charge in [-0.3, -0.25) is 4.79 Å². The topological polar surface area (TPSA) is 64.3 Å². The van der Waals surface area contributed by atoms with Gasteiger partial charge >= 0.3 is 0 Å². The van der Waals surface area contributed by atoms with Gasteiger partial charge in [0.05, 0.1) is 12.2 Å². The molecule has 0 aromatic carbocycles. The molecule has 1 saturated heterocycles.